The molecule has 0 aliphatic rings. The van der Waals surface area contributed by atoms with Crippen molar-refractivity contribution in [2.45, 2.75) is 17.2 Å². The highest BCUT2D eigenvalue weighted by molar-refractivity contribution is 7.98. The van der Waals surface area contributed by atoms with E-state index in [2.05, 4.69) is 22.8 Å². The zero-order valence-corrected chi connectivity index (χ0v) is 18.8. The minimum atomic E-state index is -0.174. The average molecular weight is 453 g/mol. The summed E-state index contributed by atoms with van der Waals surface area (Å²) in [5.74, 6) is 0.463. The van der Waals surface area contributed by atoms with Gasteiger partial charge in [-0.25, -0.2) is 0 Å². The number of rotatable bonds is 8. The fourth-order valence-corrected chi connectivity index (χ4v) is 4.30. The number of hydrogen-bond acceptors (Lipinski definition) is 3. The summed E-state index contributed by atoms with van der Waals surface area (Å²) in [5, 5.41) is 5.84. The van der Waals surface area contributed by atoms with Crippen LogP contribution in [-0.2, 0) is 12.3 Å². The van der Waals surface area contributed by atoms with E-state index in [-0.39, 0.29) is 11.8 Å². The second-order valence-corrected chi connectivity index (χ2v) is 8.49. The van der Waals surface area contributed by atoms with Crippen LogP contribution in [0.1, 0.15) is 31.8 Å². The van der Waals surface area contributed by atoms with Crippen molar-refractivity contribution in [3.8, 4) is 0 Å². The van der Waals surface area contributed by atoms with Gasteiger partial charge in [-0.05, 0) is 47.5 Å². The Bertz CT molecular complexity index is 1210. The lowest BCUT2D eigenvalue weighted by atomic mass is 10.1. The van der Waals surface area contributed by atoms with Gasteiger partial charge in [-0.15, -0.1) is 11.8 Å². The molecule has 0 saturated heterocycles. The SMILES string of the molecule is O=C(NCc1ccccc1)c1ccc(NC(=O)c2ccccc2SCc2ccccc2)cc1. The van der Waals surface area contributed by atoms with Gasteiger partial charge in [0, 0.05) is 28.4 Å². The lowest BCUT2D eigenvalue weighted by Gasteiger charge is -2.11. The minimum absolute atomic E-state index is 0.153. The molecule has 4 aromatic carbocycles. The fraction of sp³-hybridized carbons (Fsp3) is 0.0714. The van der Waals surface area contributed by atoms with Gasteiger partial charge in [-0.2, -0.15) is 0 Å². The van der Waals surface area contributed by atoms with E-state index in [9.17, 15) is 9.59 Å². The molecule has 4 rings (SSSR count). The van der Waals surface area contributed by atoms with Crippen molar-refractivity contribution >= 4 is 29.3 Å². The van der Waals surface area contributed by atoms with Crippen LogP contribution in [0.2, 0.25) is 0 Å². The quantitative estimate of drug-likeness (QED) is 0.315. The predicted molar refractivity (Wildman–Crippen MR) is 134 cm³/mol. The Kier molecular flexibility index (Phi) is 7.56. The van der Waals surface area contributed by atoms with E-state index in [1.807, 2.05) is 72.8 Å². The Morgan fingerprint density at radius 1 is 0.636 bits per heavy atom. The number of nitrogens with one attached hydrogen (secondary N) is 2. The van der Waals surface area contributed by atoms with Gasteiger partial charge in [-0.3, -0.25) is 9.59 Å². The van der Waals surface area contributed by atoms with Crippen molar-refractivity contribution < 1.29 is 9.59 Å². The number of carbonyl (C=O) groups is 2. The summed E-state index contributed by atoms with van der Waals surface area (Å²) in [4.78, 5) is 26.3. The smallest absolute Gasteiger partial charge is 0.256 e. The first-order valence-corrected chi connectivity index (χ1v) is 11.7. The third kappa shape index (κ3) is 6.34. The molecule has 164 valence electrons. The molecule has 5 heteroatoms. The number of carbonyl (C=O) groups excluding carboxylic acids is 2. The summed E-state index contributed by atoms with van der Waals surface area (Å²) >= 11 is 1.64. The molecule has 0 aliphatic heterocycles. The van der Waals surface area contributed by atoms with E-state index < -0.39 is 0 Å². The first-order chi connectivity index (χ1) is 16.2. The third-order valence-electron chi connectivity index (χ3n) is 5.07. The highest BCUT2D eigenvalue weighted by Crippen LogP contribution is 2.27. The molecule has 2 N–H and O–H groups in total. The highest BCUT2D eigenvalue weighted by atomic mass is 32.2. The maximum Gasteiger partial charge on any atom is 0.256 e. The molecule has 4 nitrogen and oxygen atoms in total. The van der Waals surface area contributed by atoms with Crippen LogP contribution in [0.25, 0.3) is 0 Å². The van der Waals surface area contributed by atoms with Crippen LogP contribution in [0.5, 0.6) is 0 Å². The normalized spacial score (nSPS) is 10.4. The maximum absolute atomic E-state index is 12.9. The molecular weight excluding hydrogens is 428 g/mol. The number of thioether (sulfide) groups is 1. The molecule has 0 radical (unpaired) electrons. The van der Waals surface area contributed by atoms with E-state index in [0.717, 1.165) is 16.2 Å². The summed E-state index contributed by atoms with van der Waals surface area (Å²) in [6, 6.07) is 34.4. The van der Waals surface area contributed by atoms with Crippen LogP contribution in [0.15, 0.2) is 114 Å². The second kappa shape index (κ2) is 11.2. The van der Waals surface area contributed by atoms with Crippen molar-refractivity contribution in [2.75, 3.05) is 5.32 Å². The van der Waals surface area contributed by atoms with Gasteiger partial charge in [0.25, 0.3) is 11.8 Å². The van der Waals surface area contributed by atoms with Crippen molar-refractivity contribution in [1.82, 2.24) is 5.32 Å². The van der Waals surface area contributed by atoms with E-state index >= 15 is 0 Å². The lowest BCUT2D eigenvalue weighted by Crippen LogP contribution is -2.22. The van der Waals surface area contributed by atoms with Gasteiger partial charge in [0.05, 0.1) is 5.56 Å². The van der Waals surface area contributed by atoms with Crippen LogP contribution in [-0.4, -0.2) is 11.8 Å². The van der Waals surface area contributed by atoms with Crippen molar-refractivity contribution in [1.29, 1.82) is 0 Å². The molecule has 0 spiro atoms. The van der Waals surface area contributed by atoms with Crippen LogP contribution in [0.4, 0.5) is 5.69 Å². The number of amides is 2. The zero-order chi connectivity index (χ0) is 22.9. The standard InChI is InChI=1S/C28H24N2O2S/c31-27(29-19-21-9-3-1-4-10-21)23-15-17-24(18-16-23)30-28(32)25-13-7-8-14-26(25)33-20-22-11-5-2-6-12-22/h1-18H,19-20H2,(H,29,31)(H,30,32). The molecule has 0 bridgehead atoms. The monoisotopic (exact) mass is 452 g/mol. The van der Waals surface area contributed by atoms with Crippen LogP contribution >= 0.6 is 11.8 Å². The summed E-state index contributed by atoms with van der Waals surface area (Å²) in [7, 11) is 0. The second-order valence-electron chi connectivity index (χ2n) is 7.47. The van der Waals surface area contributed by atoms with Gasteiger partial charge in [0.15, 0.2) is 0 Å². The summed E-state index contributed by atoms with van der Waals surface area (Å²) in [6.45, 7) is 0.468. The summed E-state index contributed by atoms with van der Waals surface area (Å²) < 4.78 is 0. The molecule has 0 aromatic heterocycles. The molecule has 0 unspecified atom stereocenters. The Labute approximate surface area is 198 Å². The number of benzene rings is 4. The van der Waals surface area contributed by atoms with Crippen LogP contribution < -0.4 is 10.6 Å². The largest absolute Gasteiger partial charge is 0.348 e. The number of anilines is 1. The van der Waals surface area contributed by atoms with Crippen molar-refractivity contribution in [3.63, 3.8) is 0 Å². The zero-order valence-electron chi connectivity index (χ0n) is 18.0. The molecule has 0 heterocycles. The van der Waals surface area contributed by atoms with E-state index in [0.29, 0.717) is 23.4 Å². The van der Waals surface area contributed by atoms with Crippen LogP contribution in [0, 0.1) is 0 Å². The highest BCUT2D eigenvalue weighted by Gasteiger charge is 2.12. The van der Waals surface area contributed by atoms with Gasteiger partial charge >= 0.3 is 0 Å². The van der Waals surface area contributed by atoms with Gasteiger partial charge in [-0.1, -0.05) is 72.8 Å². The maximum atomic E-state index is 12.9. The summed E-state index contributed by atoms with van der Waals surface area (Å²) in [5.41, 5.74) is 4.06. The first-order valence-electron chi connectivity index (χ1n) is 10.7. The third-order valence-corrected chi connectivity index (χ3v) is 6.21. The Balaban J connectivity index is 1.36. The fourth-order valence-electron chi connectivity index (χ4n) is 3.30. The molecule has 2 amide bonds. The first kappa shape index (κ1) is 22.4. The molecule has 0 saturated carbocycles. The average Bonchev–Trinajstić information content (AvgIpc) is 2.88. The van der Waals surface area contributed by atoms with E-state index in [1.165, 1.54) is 5.56 Å². The molecule has 0 atom stereocenters. The van der Waals surface area contributed by atoms with Crippen molar-refractivity contribution in [3.05, 3.63) is 131 Å². The number of hydrogen-bond donors (Lipinski definition) is 2. The topological polar surface area (TPSA) is 58.2 Å². The van der Waals surface area contributed by atoms with Gasteiger partial charge < -0.3 is 10.6 Å². The van der Waals surface area contributed by atoms with Gasteiger partial charge in [0.2, 0.25) is 0 Å². The molecular formula is C28H24N2O2S. The molecule has 0 aliphatic carbocycles. The molecule has 0 fully saturated rings. The molecule has 4 aromatic rings. The van der Waals surface area contributed by atoms with Crippen LogP contribution in [0.3, 0.4) is 0 Å². The molecule has 33 heavy (non-hydrogen) atoms. The van der Waals surface area contributed by atoms with Crippen molar-refractivity contribution in [2.24, 2.45) is 0 Å². The summed E-state index contributed by atoms with van der Waals surface area (Å²) in [6.07, 6.45) is 0. The van der Waals surface area contributed by atoms with E-state index in [4.69, 9.17) is 0 Å². The predicted octanol–water partition coefficient (Wildman–Crippen LogP) is 6.16. The Morgan fingerprint density at radius 2 is 1.24 bits per heavy atom. The Morgan fingerprint density at radius 3 is 1.94 bits per heavy atom. The minimum Gasteiger partial charge on any atom is -0.348 e. The Hall–Kier alpha value is -3.83. The van der Waals surface area contributed by atoms with Gasteiger partial charge in [0.1, 0.15) is 0 Å². The van der Waals surface area contributed by atoms with E-state index in [1.54, 1.807) is 36.0 Å². The lowest BCUT2D eigenvalue weighted by molar-refractivity contribution is 0.0950.